The molecule has 4 heterocycles. The number of rotatable bonds is 8. The number of likely N-dealkylation sites (tertiary alicyclic amines) is 1. The van der Waals surface area contributed by atoms with Gasteiger partial charge in [0.25, 0.3) is 5.91 Å². The Kier molecular flexibility index (Phi) is 7.29. The minimum absolute atomic E-state index is 0.00238. The molecule has 2 aromatic heterocycles. The van der Waals surface area contributed by atoms with Crippen LogP contribution in [0.25, 0.3) is 22.0 Å². The quantitative estimate of drug-likeness (QED) is 0.341. The lowest BCUT2D eigenvalue weighted by atomic mass is 9.96. The molecule has 9 nitrogen and oxygen atoms in total. The van der Waals surface area contributed by atoms with E-state index < -0.39 is 5.82 Å². The third-order valence-electron chi connectivity index (χ3n) is 8.41. The Morgan fingerprint density at radius 3 is 2.80 bits per heavy atom. The highest BCUT2D eigenvalue weighted by molar-refractivity contribution is 5.92. The number of imidazole rings is 1. The average Bonchev–Trinajstić information content (AvgIpc) is 3.53. The van der Waals surface area contributed by atoms with E-state index in [9.17, 15) is 14.3 Å². The Labute approximate surface area is 239 Å². The summed E-state index contributed by atoms with van der Waals surface area (Å²) in [5.74, 6) is 0.101. The lowest BCUT2D eigenvalue weighted by molar-refractivity contribution is 0.0432. The molecule has 0 spiro atoms. The molecule has 1 fully saturated rings. The monoisotopic (exact) mass is 559 g/mol. The molecule has 0 unspecified atom stereocenters. The number of nitrogens with one attached hydrogen (secondary N) is 1. The van der Waals surface area contributed by atoms with Gasteiger partial charge < -0.3 is 24.8 Å². The average molecular weight is 560 g/mol. The van der Waals surface area contributed by atoms with Crippen LogP contribution in [-0.4, -0.2) is 80.4 Å². The van der Waals surface area contributed by atoms with E-state index in [1.165, 1.54) is 6.07 Å². The van der Waals surface area contributed by atoms with E-state index >= 15 is 0 Å². The molecule has 1 amide bonds. The molecule has 2 aromatic carbocycles. The molecule has 0 saturated carbocycles. The van der Waals surface area contributed by atoms with Crippen LogP contribution in [0.5, 0.6) is 5.75 Å². The summed E-state index contributed by atoms with van der Waals surface area (Å²) < 4.78 is 18.1. The number of hydrogen-bond acceptors (Lipinski definition) is 6. The minimum atomic E-state index is -0.611. The van der Waals surface area contributed by atoms with Crippen LogP contribution in [-0.2, 0) is 25.9 Å². The molecular formula is C31H38FN7O2. The van der Waals surface area contributed by atoms with E-state index in [1.54, 1.807) is 6.07 Å². The smallest absolute Gasteiger partial charge is 0.289 e. The van der Waals surface area contributed by atoms with E-state index in [2.05, 4.69) is 35.8 Å². The fourth-order valence-electron chi connectivity index (χ4n) is 6.35. The fraction of sp³-hybridized carbons (Fsp3) is 0.452. The minimum Gasteiger partial charge on any atom is -0.505 e. The molecule has 4 aromatic rings. The van der Waals surface area contributed by atoms with Crippen LogP contribution >= 0.6 is 0 Å². The molecule has 2 N–H and O–H groups in total. The summed E-state index contributed by atoms with van der Waals surface area (Å²) in [6, 6.07) is 9.00. The Morgan fingerprint density at radius 2 is 2.05 bits per heavy atom. The Hall–Kier alpha value is -3.76. The van der Waals surface area contributed by atoms with Gasteiger partial charge in [0, 0.05) is 62.6 Å². The normalized spacial score (nSPS) is 16.3. The fourth-order valence-corrected chi connectivity index (χ4v) is 6.35. The summed E-state index contributed by atoms with van der Waals surface area (Å²) in [4.78, 5) is 22.6. The summed E-state index contributed by atoms with van der Waals surface area (Å²) in [5, 5.41) is 19.5. The second-order valence-corrected chi connectivity index (χ2v) is 11.7. The number of benzene rings is 2. The molecule has 10 heteroatoms. The van der Waals surface area contributed by atoms with Crippen LogP contribution in [0.3, 0.4) is 0 Å². The topological polar surface area (TPSA) is 91.5 Å². The van der Waals surface area contributed by atoms with E-state index in [4.69, 9.17) is 10.1 Å². The van der Waals surface area contributed by atoms with Crippen molar-refractivity contribution >= 4 is 16.8 Å². The Morgan fingerprint density at radius 1 is 1.24 bits per heavy atom. The molecule has 1 saturated heterocycles. The second kappa shape index (κ2) is 10.9. The van der Waals surface area contributed by atoms with Gasteiger partial charge in [0.2, 0.25) is 0 Å². The molecule has 2 aliphatic heterocycles. The molecule has 216 valence electrons. The van der Waals surface area contributed by atoms with Gasteiger partial charge in [-0.05, 0) is 50.7 Å². The largest absolute Gasteiger partial charge is 0.505 e. The number of halogens is 1. The first-order chi connectivity index (χ1) is 19.7. The number of hydrogen-bond donors (Lipinski definition) is 2. The SMILES string of the molecule is CCc1c(-c2ccc3cnn([C@@H](C)Cn4c(C(=O)N5CC(CN(C)C)C5)nc5c4CNCC5)c3c2)ccc(F)c1O. The summed E-state index contributed by atoms with van der Waals surface area (Å²) >= 11 is 0. The zero-order valence-electron chi connectivity index (χ0n) is 24.2. The molecule has 41 heavy (non-hydrogen) atoms. The van der Waals surface area contributed by atoms with Gasteiger partial charge >= 0.3 is 0 Å². The first kappa shape index (κ1) is 27.4. The van der Waals surface area contributed by atoms with Crippen LogP contribution in [0.2, 0.25) is 0 Å². The van der Waals surface area contributed by atoms with Crippen molar-refractivity contribution in [2.75, 3.05) is 40.3 Å². The van der Waals surface area contributed by atoms with Crippen molar-refractivity contribution in [2.24, 2.45) is 5.92 Å². The van der Waals surface area contributed by atoms with Crippen LogP contribution in [0, 0.1) is 11.7 Å². The highest BCUT2D eigenvalue weighted by atomic mass is 19.1. The lowest BCUT2D eigenvalue weighted by Crippen LogP contribution is -2.53. The van der Waals surface area contributed by atoms with Gasteiger partial charge in [-0.1, -0.05) is 25.1 Å². The Balaban J connectivity index is 1.31. The van der Waals surface area contributed by atoms with Crippen molar-refractivity contribution < 1.29 is 14.3 Å². The standard InChI is InChI=1S/C31H38FN7O2/c1-5-23-24(8-9-25(32)29(23)40)21-6-7-22-13-34-39(27(22)12-21)19(2)15-38-28-14-33-11-10-26(28)35-30(38)31(41)37-17-20(18-37)16-36(3)4/h6-9,12-13,19-20,33,40H,5,10-11,14-18H2,1-4H3/t19-/m0/s1. The van der Waals surface area contributed by atoms with E-state index in [-0.39, 0.29) is 17.7 Å². The van der Waals surface area contributed by atoms with E-state index in [1.807, 2.05) is 40.9 Å². The molecule has 6 rings (SSSR count). The molecule has 2 aliphatic rings. The highest BCUT2D eigenvalue weighted by Gasteiger charge is 2.35. The first-order valence-corrected chi connectivity index (χ1v) is 14.5. The third kappa shape index (κ3) is 4.99. The number of phenolic OH excluding ortho intramolecular Hbond substituents is 1. The van der Waals surface area contributed by atoms with E-state index in [0.717, 1.165) is 66.0 Å². The number of carbonyl (C=O) groups is 1. The number of fused-ring (bicyclic) bond motifs is 2. The summed E-state index contributed by atoms with van der Waals surface area (Å²) in [5.41, 5.74) is 5.30. The number of phenols is 1. The maximum absolute atomic E-state index is 14.1. The van der Waals surface area contributed by atoms with Crippen molar-refractivity contribution in [3.8, 4) is 16.9 Å². The Bertz CT molecular complexity index is 1600. The van der Waals surface area contributed by atoms with Crippen LogP contribution in [0.15, 0.2) is 36.5 Å². The zero-order valence-corrected chi connectivity index (χ0v) is 24.2. The third-order valence-corrected chi connectivity index (χ3v) is 8.41. The van der Waals surface area contributed by atoms with Crippen molar-refractivity contribution in [1.82, 2.24) is 34.4 Å². The lowest BCUT2D eigenvalue weighted by Gasteiger charge is -2.40. The molecule has 0 bridgehead atoms. The van der Waals surface area contributed by atoms with Crippen LogP contribution in [0.4, 0.5) is 4.39 Å². The van der Waals surface area contributed by atoms with Gasteiger partial charge in [-0.25, -0.2) is 9.37 Å². The summed E-state index contributed by atoms with van der Waals surface area (Å²) in [6.07, 6.45) is 3.16. The first-order valence-electron chi connectivity index (χ1n) is 14.5. The number of nitrogens with zero attached hydrogens (tertiary/aromatic N) is 6. The van der Waals surface area contributed by atoms with Gasteiger partial charge in [0.05, 0.1) is 29.1 Å². The predicted molar refractivity (Wildman–Crippen MR) is 156 cm³/mol. The predicted octanol–water partition coefficient (Wildman–Crippen LogP) is 3.85. The summed E-state index contributed by atoms with van der Waals surface area (Å²) in [7, 11) is 4.13. The molecule has 1 atom stereocenters. The van der Waals surface area contributed by atoms with Gasteiger partial charge in [0.15, 0.2) is 17.4 Å². The number of amides is 1. The maximum Gasteiger partial charge on any atom is 0.289 e. The van der Waals surface area contributed by atoms with Crippen molar-refractivity contribution in [3.05, 3.63) is 65.1 Å². The molecule has 0 aliphatic carbocycles. The summed E-state index contributed by atoms with van der Waals surface area (Å²) in [6.45, 7) is 8.59. The van der Waals surface area contributed by atoms with Gasteiger partial charge in [0.1, 0.15) is 0 Å². The van der Waals surface area contributed by atoms with Gasteiger partial charge in [-0.2, -0.15) is 5.10 Å². The van der Waals surface area contributed by atoms with Crippen molar-refractivity contribution in [2.45, 2.75) is 45.8 Å². The second-order valence-electron chi connectivity index (χ2n) is 11.7. The molecule has 0 radical (unpaired) electrons. The number of aromatic nitrogens is 4. The van der Waals surface area contributed by atoms with Crippen molar-refractivity contribution in [3.63, 3.8) is 0 Å². The highest BCUT2D eigenvalue weighted by Crippen LogP contribution is 2.35. The number of aromatic hydroxyl groups is 1. The molecular weight excluding hydrogens is 521 g/mol. The number of carbonyl (C=O) groups excluding carboxylic acids is 1. The van der Waals surface area contributed by atoms with Crippen molar-refractivity contribution in [1.29, 1.82) is 0 Å². The van der Waals surface area contributed by atoms with Gasteiger partial charge in [-0.15, -0.1) is 0 Å². The zero-order chi connectivity index (χ0) is 28.8. The van der Waals surface area contributed by atoms with Crippen LogP contribution in [0.1, 0.15) is 47.5 Å². The van der Waals surface area contributed by atoms with Crippen LogP contribution < -0.4 is 5.32 Å². The van der Waals surface area contributed by atoms with Gasteiger partial charge in [-0.3, -0.25) is 9.48 Å². The maximum atomic E-state index is 14.1. The van der Waals surface area contributed by atoms with E-state index in [0.29, 0.717) is 36.8 Å².